The van der Waals surface area contributed by atoms with Gasteiger partial charge in [0.15, 0.2) is 0 Å². The Balaban J connectivity index is 2.33. The summed E-state index contributed by atoms with van der Waals surface area (Å²) in [6.45, 7) is 1.57. The molecular formula is C15H20N2O3. The molecule has 0 spiro atoms. The predicted octanol–water partition coefficient (Wildman–Crippen LogP) is 2.26. The van der Waals surface area contributed by atoms with E-state index in [0.29, 0.717) is 24.1 Å². The minimum atomic E-state index is -0.523. The highest BCUT2D eigenvalue weighted by molar-refractivity contribution is 5.96. The Bertz CT molecular complexity index is 498. The van der Waals surface area contributed by atoms with Crippen molar-refractivity contribution in [2.45, 2.75) is 39.0 Å². The quantitative estimate of drug-likeness (QED) is 0.714. The maximum absolute atomic E-state index is 11.7. The van der Waals surface area contributed by atoms with Gasteiger partial charge >= 0.3 is 0 Å². The van der Waals surface area contributed by atoms with Crippen LogP contribution in [0.4, 0.5) is 5.69 Å². The third kappa shape index (κ3) is 6.13. The molecule has 0 aliphatic carbocycles. The van der Waals surface area contributed by atoms with Gasteiger partial charge in [-0.25, -0.2) is 0 Å². The summed E-state index contributed by atoms with van der Waals surface area (Å²) in [5.41, 5.74) is 6.10. The third-order valence-electron chi connectivity index (χ3n) is 2.86. The molecule has 0 unspecified atom stereocenters. The summed E-state index contributed by atoms with van der Waals surface area (Å²) < 4.78 is 0. The molecule has 20 heavy (non-hydrogen) atoms. The number of amides is 2. The summed E-state index contributed by atoms with van der Waals surface area (Å²) in [7, 11) is 0. The number of hydrogen-bond donors (Lipinski definition) is 2. The van der Waals surface area contributed by atoms with Crippen LogP contribution >= 0.6 is 0 Å². The lowest BCUT2D eigenvalue weighted by molar-refractivity contribution is -0.117. The molecule has 0 radical (unpaired) electrons. The van der Waals surface area contributed by atoms with Crippen LogP contribution in [0, 0.1) is 0 Å². The van der Waals surface area contributed by atoms with Gasteiger partial charge in [-0.1, -0.05) is 12.5 Å². The molecule has 0 fully saturated rings. The molecule has 108 valence electrons. The van der Waals surface area contributed by atoms with E-state index in [4.69, 9.17) is 5.73 Å². The van der Waals surface area contributed by atoms with Crippen LogP contribution in [0.5, 0.6) is 0 Å². The maximum Gasteiger partial charge on any atom is 0.248 e. The van der Waals surface area contributed by atoms with Gasteiger partial charge in [0.05, 0.1) is 0 Å². The van der Waals surface area contributed by atoms with E-state index >= 15 is 0 Å². The summed E-state index contributed by atoms with van der Waals surface area (Å²) in [6, 6.07) is 6.53. The minimum Gasteiger partial charge on any atom is -0.366 e. The first-order valence-electron chi connectivity index (χ1n) is 6.68. The molecule has 0 heterocycles. The van der Waals surface area contributed by atoms with E-state index in [-0.39, 0.29) is 11.7 Å². The number of rotatable bonds is 8. The number of primary amides is 1. The molecule has 5 heteroatoms. The molecule has 0 aliphatic heterocycles. The number of hydrogen-bond acceptors (Lipinski definition) is 3. The van der Waals surface area contributed by atoms with Gasteiger partial charge in [-0.2, -0.15) is 0 Å². The molecule has 2 amide bonds. The van der Waals surface area contributed by atoms with Gasteiger partial charge in [0, 0.05) is 24.1 Å². The Morgan fingerprint density at radius 2 is 1.80 bits per heavy atom. The highest BCUT2D eigenvalue weighted by Crippen LogP contribution is 2.11. The van der Waals surface area contributed by atoms with Crippen molar-refractivity contribution < 1.29 is 14.4 Å². The Labute approximate surface area is 118 Å². The van der Waals surface area contributed by atoms with Gasteiger partial charge in [-0.15, -0.1) is 0 Å². The number of benzene rings is 1. The third-order valence-corrected chi connectivity index (χ3v) is 2.86. The van der Waals surface area contributed by atoms with E-state index in [2.05, 4.69) is 5.32 Å². The number of nitrogens with one attached hydrogen (secondary N) is 1. The van der Waals surface area contributed by atoms with Crippen molar-refractivity contribution in [3.8, 4) is 0 Å². The molecule has 0 bridgehead atoms. The van der Waals surface area contributed by atoms with E-state index in [1.165, 1.54) is 0 Å². The number of nitrogens with two attached hydrogens (primary N) is 1. The zero-order valence-corrected chi connectivity index (χ0v) is 11.6. The second-order valence-corrected chi connectivity index (χ2v) is 4.76. The van der Waals surface area contributed by atoms with Gasteiger partial charge < -0.3 is 15.8 Å². The Morgan fingerprint density at radius 1 is 1.10 bits per heavy atom. The second kappa shape index (κ2) is 8.09. The van der Waals surface area contributed by atoms with Crippen molar-refractivity contribution in [1.29, 1.82) is 0 Å². The number of carbonyl (C=O) groups is 3. The molecule has 1 rings (SSSR count). The number of unbranched alkanes of at least 4 members (excludes halogenated alkanes) is 2. The molecule has 3 N–H and O–H groups in total. The van der Waals surface area contributed by atoms with Crippen molar-refractivity contribution in [2.24, 2.45) is 5.73 Å². The lowest BCUT2D eigenvalue weighted by Gasteiger charge is -2.06. The summed E-state index contributed by atoms with van der Waals surface area (Å²) in [5, 5.41) is 2.72. The largest absolute Gasteiger partial charge is 0.366 e. The van der Waals surface area contributed by atoms with E-state index < -0.39 is 5.91 Å². The number of Topliss-reactive ketones (excluding diaryl/α,β-unsaturated/α-hetero) is 1. The minimum absolute atomic E-state index is 0.102. The summed E-state index contributed by atoms with van der Waals surface area (Å²) in [4.78, 5) is 33.5. The van der Waals surface area contributed by atoms with Crippen molar-refractivity contribution in [3.05, 3.63) is 29.8 Å². The van der Waals surface area contributed by atoms with Crippen LogP contribution < -0.4 is 11.1 Å². The first kappa shape index (κ1) is 15.9. The molecule has 1 aromatic carbocycles. The highest BCUT2D eigenvalue weighted by Gasteiger charge is 2.05. The van der Waals surface area contributed by atoms with Crippen LogP contribution in [0.2, 0.25) is 0 Å². The van der Waals surface area contributed by atoms with Crippen LogP contribution in [0.25, 0.3) is 0 Å². The SMILES string of the molecule is CC(=O)CCCCCC(=O)Nc1cccc(C(N)=O)c1. The number of anilines is 1. The van der Waals surface area contributed by atoms with Crippen LogP contribution in [-0.4, -0.2) is 17.6 Å². The molecular weight excluding hydrogens is 256 g/mol. The Kier molecular flexibility index (Phi) is 6.43. The smallest absolute Gasteiger partial charge is 0.248 e. The van der Waals surface area contributed by atoms with E-state index in [9.17, 15) is 14.4 Å². The fourth-order valence-corrected chi connectivity index (χ4v) is 1.81. The van der Waals surface area contributed by atoms with Gasteiger partial charge in [0.1, 0.15) is 5.78 Å². The van der Waals surface area contributed by atoms with Gasteiger partial charge in [0.2, 0.25) is 11.8 Å². The fraction of sp³-hybridized carbons (Fsp3) is 0.400. The average Bonchev–Trinajstić information content (AvgIpc) is 2.38. The van der Waals surface area contributed by atoms with Crippen LogP contribution in [-0.2, 0) is 9.59 Å². The van der Waals surface area contributed by atoms with Gasteiger partial charge in [-0.05, 0) is 38.0 Å². The monoisotopic (exact) mass is 276 g/mol. The first-order valence-corrected chi connectivity index (χ1v) is 6.68. The molecule has 0 saturated carbocycles. The summed E-state index contributed by atoms with van der Waals surface area (Å²) in [5.74, 6) is -0.447. The predicted molar refractivity (Wildman–Crippen MR) is 77.4 cm³/mol. The molecule has 0 saturated heterocycles. The Hall–Kier alpha value is -2.17. The molecule has 0 atom stereocenters. The first-order chi connectivity index (χ1) is 9.49. The lowest BCUT2D eigenvalue weighted by atomic mass is 10.1. The second-order valence-electron chi connectivity index (χ2n) is 4.76. The normalized spacial score (nSPS) is 10.1. The van der Waals surface area contributed by atoms with E-state index in [1.54, 1.807) is 31.2 Å². The average molecular weight is 276 g/mol. The van der Waals surface area contributed by atoms with Crippen molar-refractivity contribution >= 4 is 23.3 Å². The topological polar surface area (TPSA) is 89.3 Å². The highest BCUT2D eigenvalue weighted by atomic mass is 16.2. The van der Waals surface area contributed by atoms with Gasteiger partial charge in [-0.3, -0.25) is 9.59 Å². The van der Waals surface area contributed by atoms with E-state index in [0.717, 1.165) is 19.3 Å². The fourth-order valence-electron chi connectivity index (χ4n) is 1.81. The lowest BCUT2D eigenvalue weighted by Crippen LogP contribution is -2.14. The van der Waals surface area contributed by atoms with Crippen molar-refractivity contribution in [3.63, 3.8) is 0 Å². The zero-order chi connectivity index (χ0) is 15.0. The standard InChI is InChI=1S/C15H20N2O3/c1-11(18)6-3-2-4-9-14(19)17-13-8-5-7-12(10-13)15(16)20/h5,7-8,10H,2-4,6,9H2,1H3,(H2,16,20)(H,17,19). The van der Waals surface area contributed by atoms with Crippen LogP contribution in [0.3, 0.4) is 0 Å². The number of ketones is 1. The van der Waals surface area contributed by atoms with E-state index in [1.807, 2.05) is 0 Å². The molecule has 1 aromatic rings. The van der Waals surface area contributed by atoms with Crippen molar-refractivity contribution in [1.82, 2.24) is 0 Å². The Morgan fingerprint density at radius 3 is 2.45 bits per heavy atom. The van der Waals surface area contributed by atoms with Gasteiger partial charge in [0.25, 0.3) is 0 Å². The summed E-state index contributed by atoms with van der Waals surface area (Å²) in [6.07, 6.45) is 3.39. The maximum atomic E-state index is 11.7. The molecule has 5 nitrogen and oxygen atoms in total. The summed E-state index contributed by atoms with van der Waals surface area (Å²) >= 11 is 0. The number of carbonyl (C=O) groups excluding carboxylic acids is 3. The molecule has 0 aromatic heterocycles. The van der Waals surface area contributed by atoms with Crippen LogP contribution in [0.1, 0.15) is 49.4 Å². The van der Waals surface area contributed by atoms with Crippen LogP contribution in [0.15, 0.2) is 24.3 Å². The van der Waals surface area contributed by atoms with Crippen molar-refractivity contribution in [2.75, 3.05) is 5.32 Å². The zero-order valence-electron chi connectivity index (χ0n) is 11.6. The molecule has 0 aliphatic rings.